The molecule has 0 amide bonds. The number of furan rings is 1. The third kappa shape index (κ3) is 4.82. The molecule has 0 fully saturated rings. The van der Waals surface area contributed by atoms with Gasteiger partial charge >= 0.3 is 0 Å². The van der Waals surface area contributed by atoms with Crippen molar-refractivity contribution in [1.82, 2.24) is 0 Å². The molecule has 284 valence electrons. The molecule has 12 rings (SSSR count). The van der Waals surface area contributed by atoms with Crippen LogP contribution in [0, 0.1) is 0 Å². The molecule has 9 aromatic carbocycles. The highest BCUT2D eigenvalue weighted by Crippen LogP contribution is 2.57. The normalized spacial score (nSPS) is 14.1. The van der Waals surface area contributed by atoms with Crippen LogP contribution in [0.15, 0.2) is 217 Å². The summed E-state index contributed by atoms with van der Waals surface area (Å²) in [5.41, 5.74) is 19.4. The topological polar surface area (TPSA) is 16.4 Å². The van der Waals surface area contributed by atoms with Crippen molar-refractivity contribution in [3.63, 3.8) is 0 Å². The summed E-state index contributed by atoms with van der Waals surface area (Å²) in [5.74, 6) is 0. The number of rotatable bonds is 6. The average Bonchev–Trinajstić information content (AvgIpc) is 3.92. The molecule has 10 aromatic rings. The lowest BCUT2D eigenvalue weighted by Crippen LogP contribution is -2.28. The Labute approximate surface area is 350 Å². The number of nitrogens with zero attached hydrogens (tertiary/aromatic N) is 1. The molecule has 0 spiro atoms. The molecule has 0 atom stereocenters. The van der Waals surface area contributed by atoms with Crippen LogP contribution in [0.1, 0.15) is 47.2 Å². The molecule has 2 heteroatoms. The highest BCUT2D eigenvalue weighted by Gasteiger charge is 2.46. The maximum atomic E-state index is 6.88. The molecule has 0 bridgehead atoms. The van der Waals surface area contributed by atoms with Crippen molar-refractivity contribution < 1.29 is 4.42 Å². The predicted molar refractivity (Wildman–Crippen MR) is 249 cm³/mol. The van der Waals surface area contributed by atoms with Crippen LogP contribution in [-0.4, -0.2) is 0 Å². The lowest BCUT2D eigenvalue weighted by Gasteiger charge is -2.35. The monoisotopic (exact) mass is 767 g/mol. The fourth-order valence-corrected chi connectivity index (χ4v) is 10.7. The molecular formula is C58H41NO. The molecule has 1 aromatic heterocycles. The van der Waals surface area contributed by atoms with Crippen molar-refractivity contribution in [3.05, 3.63) is 246 Å². The highest BCUT2D eigenvalue weighted by molar-refractivity contribution is 6.17. The van der Waals surface area contributed by atoms with E-state index in [1.165, 1.54) is 55.6 Å². The summed E-state index contributed by atoms with van der Waals surface area (Å²) in [6.07, 6.45) is 0. The number of hydrogen-bond donors (Lipinski definition) is 0. The molecule has 1 heterocycles. The van der Waals surface area contributed by atoms with Crippen molar-refractivity contribution in [2.24, 2.45) is 0 Å². The van der Waals surface area contributed by atoms with Gasteiger partial charge in [0.25, 0.3) is 0 Å². The summed E-state index contributed by atoms with van der Waals surface area (Å²) in [6.45, 7) is 4.73. The van der Waals surface area contributed by atoms with E-state index < -0.39 is 5.41 Å². The van der Waals surface area contributed by atoms with Crippen LogP contribution in [-0.2, 0) is 10.8 Å². The van der Waals surface area contributed by atoms with E-state index in [1.807, 2.05) is 0 Å². The van der Waals surface area contributed by atoms with Crippen molar-refractivity contribution >= 4 is 39.0 Å². The molecular weight excluding hydrogens is 727 g/mol. The molecule has 60 heavy (non-hydrogen) atoms. The first-order chi connectivity index (χ1) is 29.5. The van der Waals surface area contributed by atoms with E-state index in [4.69, 9.17) is 4.42 Å². The van der Waals surface area contributed by atoms with Crippen molar-refractivity contribution in [1.29, 1.82) is 0 Å². The van der Waals surface area contributed by atoms with Gasteiger partial charge in [-0.1, -0.05) is 184 Å². The summed E-state index contributed by atoms with van der Waals surface area (Å²) in [5, 5.41) is 2.18. The van der Waals surface area contributed by atoms with E-state index in [2.05, 4.69) is 231 Å². The number of benzene rings is 9. The van der Waals surface area contributed by atoms with Crippen molar-refractivity contribution in [2.75, 3.05) is 4.90 Å². The molecule has 0 radical (unpaired) electrons. The zero-order chi connectivity index (χ0) is 40.0. The smallest absolute Gasteiger partial charge is 0.145 e. The minimum Gasteiger partial charge on any atom is -0.455 e. The van der Waals surface area contributed by atoms with Crippen LogP contribution in [0.2, 0.25) is 0 Å². The third-order valence-corrected chi connectivity index (χ3v) is 13.4. The maximum absolute atomic E-state index is 6.88. The van der Waals surface area contributed by atoms with E-state index in [9.17, 15) is 0 Å². The summed E-state index contributed by atoms with van der Waals surface area (Å²) >= 11 is 0. The molecule has 2 aliphatic rings. The third-order valence-electron chi connectivity index (χ3n) is 13.4. The largest absolute Gasteiger partial charge is 0.455 e. The van der Waals surface area contributed by atoms with Gasteiger partial charge in [0.15, 0.2) is 0 Å². The number of fused-ring (bicyclic) bond motifs is 9. The van der Waals surface area contributed by atoms with E-state index in [-0.39, 0.29) is 5.41 Å². The lowest BCUT2D eigenvalue weighted by molar-refractivity contribution is 0.660. The zero-order valence-corrected chi connectivity index (χ0v) is 33.6. The SMILES string of the molecule is CC1(C)c2ccccc2-c2ccc(N(c3cccc(C4(c5ccccc5)c5ccccc5-c5ccccc54)c3)c3ccc(-c4ccccc4)c4oc5ccccc5c34)cc21. The first kappa shape index (κ1) is 34.6. The van der Waals surface area contributed by atoms with Gasteiger partial charge < -0.3 is 9.32 Å². The van der Waals surface area contributed by atoms with Crippen LogP contribution >= 0.6 is 0 Å². The Kier molecular flexibility index (Phi) is 7.52. The second-order valence-electron chi connectivity index (χ2n) is 16.8. The van der Waals surface area contributed by atoms with Crippen LogP contribution < -0.4 is 4.90 Å². The summed E-state index contributed by atoms with van der Waals surface area (Å²) in [6, 6.07) is 77.9. The minimum atomic E-state index is -0.535. The van der Waals surface area contributed by atoms with Gasteiger partial charge in [-0.05, 0) is 104 Å². The van der Waals surface area contributed by atoms with Crippen LogP contribution in [0.4, 0.5) is 17.1 Å². The van der Waals surface area contributed by atoms with Gasteiger partial charge in [0.2, 0.25) is 0 Å². The zero-order valence-electron chi connectivity index (χ0n) is 33.6. The standard InChI is InChI=1S/C58H41NO/c1-57(2)49-28-13-9-24-44(49)47-33-32-42(37-52(47)57)59(53-35-34-43(38-18-5-3-6-19-38)56-55(53)48-27-12-16-31-54(48)60-56)41-23-17-22-40(36-41)58(39-20-7-4-8-21-39)50-29-14-10-25-45(50)46-26-11-15-30-51(46)58/h3-37H,1-2H3. The number of anilines is 3. The quantitative estimate of drug-likeness (QED) is 0.168. The minimum absolute atomic E-state index is 0.168. The maximum Gasteiger partial charge on any atom is 0.145 e. The Bertz CT molecular complexity index is 3250. The highest BCUT2D eigenvalue weighted by atomic mass is 16.3. The Balaban J connectivity index is 1.16. The Morgan fingerprint density at radius 1 is 0.400 bits per heavy atom. The fourth-order valence-electron chi connectivity index (χ4n) is 10.7. The van der Waals surface area contributed by atoms with Crippen LogP contribution in [0.3, 0.4) is 0 Å². The first-order valence-electron chi connectivity index (χ1n) is 20.9. The van der Waals surface area contributed by atoms with E-state index in [0.717, 1.165) is 50.1 Å². The fraction of sp³-hybridized carbons (Fsp3) is 0.0690. The molecule has 0 N–H and O–H groups in total. The summed E-state index contributed by atoms with van der Waals surface area (Å²) in [7, 11) is 0. The molecule has 0 saturated carbocycles. The van der Waals surface area contributed by atoms with E-state index in [1.54, 1.807) is 0 Å². The average molecular weight is 768 g/mol. The van der Waals surface area contributed by atoms with Gasteiger partial charge in [0, 0.05) is 27.7 Å². The lowest BCUT2D eigenvalue weighted by atomic mass is 9.67. The first-order valence-corrected chi connectivity index (χ1v) is 20.9. The van der Waals surface area contributed by atoms with Gasteiger partial charge in [-0.2, -0.15) is 0 Å². The van der Waals surface area contributed by atoms with Gasteiger partial charge in [-0.15, -0.1) is 0 Å². The van der Waals surface area contributed by atoms with E-state index in [0.29, 0.717) is 0 Å². The predicted octanol–water partition coefficient (Wildman–Crippen LogP) is 15.4. The molecule has 0 aliphatic heterocycles. The number of hydrogen-bond acceptors (Lipinski definition) is 2. The van der Waals surface area contributed by atoms with Crippen molar-refractivity contribution in [3.8, 4) is 33.4 Å². The van der Waals surface area contributed by atoms with Gasteiger partial charge in [0.05, 0.1) is 16.5 Å². The van der Waals surface area contributed by atoms with Gasteiger partial charge in [-0.3, -0.25) is 0 Å². The Morgan fingerprint density at radius 3 is 1.68 bits per heavy atom. The summed E-state index contributed by atoms with van der Waals surface area (Å²) in [4.78, 5) is 2.48. The van der Waals surface area contributed by atoms with Crippen LogP contribution in [0.25, 0.3) is 55.3 Å². The van der Waals surface area contributed by atoms with Crippen molar-refractivity contribution in [2.45, 2.75) is 24.7 Å². The van der Waals surface area contributed by atoms with Gasteiger partial charge in [0.1, 0.15) is 11.2 Å². The second kappa shape index (κ2) is 13.0. The van der Waals surface area contributed by atoms with Crippen LogP contribution in [0.5, 0.6) is 0 Å². The molecule has 2 nitrogen and oxygen atoms in total. The van der Waals surface area contributed by atoms with Gasteiger partial charge in [-0.25, -0.2) is 0 Å². The number of para-hydroxylation sites is 1. The molecule has 0 unspecified atom stereocenters. The summed E-state index contributed by atoms with van der Waals surface area (Å²) < 4.78 is 6.88. The Morgan fingerprint density at radius 2 is 0.950 bits per heavy atom. The molecule has 0 saturated heterocycles. The second-order valence-corrected chi connectivity index (χ2v) is 16.8. The Hall–Kier alpha value is -7.42. The molecule has 2 aliphatic carbocycles. The van der Waals surface area contributed by atoms with E-state index >= 15 is 0 Å².